The zero-order valence-electron chi connectivity index (χ0n) is 17.6. The van der Waals surface area contributed by atoms with Gasteiger partial charge in [0.2, 0.25) is 0 Å². The van der Waals surface area contributed by atoms with Crippen LogP contribution in [0.2, 0.25) is 0 Å². The predicted octanol–water partition coefficient (Wildman–Crippen LogP) is 3.47. The van der Waals surface area contributed by atoms with Crippen LogP contribution in [0.25, 0.3) is 39.6 Å². The summed E-state index contributed by atoms with van der Waals surface area (Å²) in [5.41, 5.74) is 11.6. The first-order chi connectivity index (χ1) is 15.2. The molecular weight excluding hydrogens is 388 g/mol. The largest absolute Gasteiger partial charge is 0.355 e. The van der Waals surface area contributed by atoms with E-state index in [-0.39, 0.29) is 6.04 Å². The summed E-state index contributed by atoms with van der Waals surface area (Å²) in [6.45, 7) is 8.60. The molecule has 1 aliphatic rings. The van der Waals surface area contributed by atoms with Crippen molar-refractivity contribution in [2.45, 2.75) is 32.4 Å². The quantitative estimate of drug-likeness (QED) is 0.518. The molecule has 5 heterocycles. The molecule has 1 saturated heterocycles. The Morgan fingerprint density at radius 3 is 2.97 bits per heavy atom. The van der Waals surface area contributed by atoms with Gasteiger partial charge in [0.1, 0.15) is 11.5 Å². The van der Waals surface area contributed by atoms with Gasteiger partial charge in [-0.2, -0.15) is 10.2 Å². The zero-order chi connectivity index (χ0) is 21.4. The molecule has 0 unspecified atom stereocenters. The van der Waals surface area contributed by atoms with E-state index < -0.39 is 0 Å². The standard InChI is InChI=1S/C23H26N8/c1-3-15-7-8-19(27-23(15)30-9-5-6-17(24)14-30)22-18-10-20(25-12-21(18)28-29-22)16-11-26-31(4-2)13-16/h3,7-8,10-13,17H,1,4-6,9,14,24H2,2H3,(H,28,29)/t17-/m0/s1. The highest BCUT2D eigenvalue weighted by atomic mass is 15.3. The van der Waals surface area contributed by atoms with E-state index in [1.807, 2.05) is 41.5 Å². The number of anilines is 1. The molecule has 4 aromatic heterocycles. The molecule has 3 N–H and O–H groups in total. The fraction of sp³-hybridized carbons (Fsp3) is 0.304. The van der Waals surface area contributed by atoms with Crippen LogP contribution in [0.5, 0.6) is 0 Å². The summed E-state index contributed by atoms with van der Waals surface area (Å²) in [6.07, 6.45) is 9.62. The average Bonchev–Trinajstić information content (AvgIpc) is 3.45. The molecule has 8 heteroatoms. The van der Waals surface area contributed by atoms with Crippen molar-refractivity contribution in [3.8, 4) is 22.6 Å². The van der Waals surface area contributed by atoms with E-state index in [2.05, 4.69) is 44.7 Å². The third kappa shape index (κ3) is 3.59. The van der Waals surface area contributed by atoms with Crippen LogP contribution in [0.3, 0.4) is 0 Å². The highest BCUT2D eigenvalue weighted by Gasteiger charge is 2.21. The van der Waals surface area contributed by atoms with Gasteiger partial charge in [-0.1, -0.05) is 12.7 Å². The SMILES string of the molecule is C=Cc1ccc(-c2n[nH]c3cnc(-c4cnn(CC)c4)cc23)nc1N1CCC[C@H](N)C1. The topological polar surface area (TPSA) is 102 Å². The number of piperidine rings is 1. The lowest BCUT2D eigenvalue weighted by atomic mass is 10.1. The number of rotatable bonds is 5. The van der Waals surface area contributed by atoms with Crippen LogP contribution >= 0.6 is 0 Å². The fourth-order valence-corrected chi connectivity index (χ4v) is 4.14. The molecule has 31 heavy (non-hydrogen) atoms. The second kappa shape index (κ2) is 7.96. The van der Waals surface area contributed by atoms with E-state index in [9.17, 15) is 0 Å². The Balaban J connectivity index is 1.58. The van der Waals surface area contributed by atoms with Crippen molar-refractivity contribution in [2.24, 2.45) is 5.73 Å². The van der Waals surface area contributed by atoms with Gasteiger partial charge < -0.3 is 10.6 Å². The van der Waals surface area contributed by atoms with Crippen molar-refractivity contribution in [2.75, 3.05) is 18.0 Å². The number of nitrogens with one attached hydrogen (secondary N) is 1. The molecule has 0 amide bonds. The number of H-pyrrole nitrogens is 1. The highest BCUT2D eigenvalue weighted by Crippen LogP contribution is 2.31. The van der Waals surface area contributed by atoms with Gasteiger partial charge in [0.15, 0.2) is 0 Å². The first kappa shape index (κ1) is 19.4. The van der Waals surface area contributed by atoms with Crippen molar-refractivity contribution in [3.05, 3.63) is 48.9 Å². The number of hydrogen-bond donors (Lipinski definition) is 2. The van der Waals surface area contributed by atoms with Gasteiger partial charge in [-0.3, -0.25) is 14.8 Å². The summed E-state index contributed by atoms with van der Waals surface area (Å²) >= 11 is 0. The van der Waals surface area contributed by atoms with E-state index in [4.69, 9.17) is 10.7 Å². The van der Waals surface area contributed by atoms with Crippen LogP contribution in [0.1, 0.15) is 25.3 Å². The molecular formula is C23H26N8. The molecule has 0 spiro atoms. The Hall–Kier alpha value is -3.52. The summed E-state index contributed by atoms with van der Waals surface area (Å²) in [7, 11) is 0. The van der Waals surface area contributed by atoms with Gasteiger partial charge in [0.25, 0.3) is 0 Å². The number of aromatic nitrogens is 6. The molecule has 0 bridgehead atoms. The van der Waals surface area contributed by atoms with E-state index in [1.165, 1.54) is 0 Å². The molecule has 0 saturated carbocycles. The van der Waals surface area contributed by atoms with E-state index in [0.717, 1.165) is 77.4 Å². The smallest absolute Gasteiger partial charge is 0.136 e. The maximum atomic E-state index is 6.22. The minimum atomic E-state index is 0.167. The average molecular weight is 415 g/mol. The first-order valence-electron chi connectivity index (χ1n) is 10.7. The van der Waals surface area contributed by atoms with Gasteiger partial charge >= 0.3 is 0 Å². The molecule has 5 rings (SSSR count). The molecule has 8 nitrogen and oxygen atoms in total. The highest BCUT2D eigenvalue weighted by molar-refractivity contribution is 5.94. The van der Waals surface area contributed by atoms with Crippen LogP contribution in [-0.4, -0.2) is 49.1 Å². The third-order valence-corrected chi connectivity index (χ3v) is 5.83. The lowest BCUT2D eigenvalue weighted by Crippen LogP contribution is -2.43. The number of aryl methyl sites for hydroxylation is 1. The van der Waals surface area contributed by atoms with Crippen LogP contribution in [-0.2, 0) is 6.54 Å². The maximum Gasteiger partial charge on any atom is 0.136 e. The van der Waals surface area contributed by atoms with Gasteiger partial charge in [-0.25, -0.2) is 4.98 Å². The lowest BCUT2D eigenvalue weighted by Gasteiger charge is -2.32. The van der Waals surface area contributed by atoms with Crippen LogP contribution < -0.4 is 10.6 Å². The molecule has 1 aliphatic heterocycles. The van der Waals surface area contributed by atoms with Crippen molar-refractivity contribution in [1.29, 1.82) is 0 Å². The van der Waals surface area contributed by atoms with E-state index in [0.29, 0.717) is 0 Å². The summed E-state index contributed by atoms with van der Waals surface area (Å²) in [4.78, 5) is 11.8. The molecule has 1 fully saturated rings. The Labute approximate surface area is 180 Å². The number of aromatic amines is 1. The normalized spacial score (nSPS) is 16.7. The van der Waals surface area contributed by atoms with Crippen molar-refractivity contribution in [3.63, 3.8) is 0 Å². The van der Waals surface area contributed by atoms with Gasteiger partial charge in [0, 0.05) is 48.4 Å². The molecule has 4 aromatic rings. The third-order valence-electron chi connectivity index (χ3n) is 5.83. The molecule has 158 valence electrons. The lowest BCUT2D eigenvalue weighted by molar-refractivity contribution is 0.503. The van der Waals surface area contributed by atoms with E-state index in [1.54, 1.807) is 0 Å². The summed E-state index contributed by atoms with van der Waals surface area (Å²) in [6, 6.07) is 6.26. The van der Waals surface area contributed by atoms with Crippen molar-refractivity contribution in [1.82, 2.24) is 29.9 Å². The molecule has 0 aromatic carbocycles. The van der Waals surface area contributed by atoms with E-state index >= 15 is 0 Å². The molecule has 0 aliphatic carbocycles. The summed E-state index contributed by atoms with van der Waals surface area (Å²) < 4.78 is 1.89. The van der Waals surface area contributed by atoms with Crippen LogP contribution in [0, 0.1) is 0 Å². The summed E-state index contributed by atoms with van der Waals surface area (Å²) in [5.74, 6) is 0.914. The number of nitrogens with zero attached hydrogens (tertiary/aromatic N) is 6. The predicted molar refractivity (Wildman–Crippen MR) is 124 cm³/mol. The minimum absolute atomic E-state index is 0.167. The molecule has 0 radical (unpaired) electrons. The van der Waals surface area contributed by atoms with Gasteiger partial charge in [-0.15, -0.1) is 0 Å². The summed E-state index contributed by atoms with van der Waals surface area (Å²) in [5, 5.41) is 13.0. The van der Waals surface area contributed by atoms with Gasteiger partial charge in [-0.05, 0) is 38.0 Å². The Morgan fingerprint density at radius 1 is 1.29 bits per heavy atom. The Morgan fingerprint density at radius 2 is 2.19 bits per heavy atom. The fourth-order valence-electron chi connectivity index (χ4n) is 4.14. The Kier molecular flexibility index (Phi) is 4.99. The van der Waals surface area contributed by atoms with Crippen LogP contribution in [0.4, 0.5) is 5.82 Å². The second-order valence-electron chi connectivity index (χ2n) is 7.93. The monoisotopic (exact) mass is 414 g/mol. The van der Waals surface area contributed by atoms with Crippen molar-refractivity contribution < 1.29 is 0 Å². The number of pyridine rings is 2. The second-order valence-corrected chi connectivity index (χ2v) is 7.93. The minimum Gasteiger partial charge on any atom is -0.355 e. The first-order valence-corrected chi connectivity index (χ1v) is 10.7. The van der Waals surface area contributed by atoms with Crippen molar-refractivity contribution >= 4 is 22.8 Å². The van der Waals surface area contributed by atoms with Crippen LogP contribution in [0.15, 0.2) is 43.4 Å². The Bertz CT molecular complexity index is 1240. The number of fused-ring (bicyclic) bond motifs is 1. The zero-order valence-corrected chi connectivity index (χ0v) is 17.6. The van der Waals surface area contributed by atoms with Gasteiger partial charge in [0.05, 0.1) is 29.3 Å². The molecule has 1 atom stereocenters. The number of nitrogens with two attached hydrogens (primary N) is 1. The number of hydrogen-bond acceptors (Lipinski definition) is 6. The maximum absolute atomic E-state index is 6.22.